The maximum Gasteiger partial charge on any atom is 0.0470 e. The van der Waals surface area contributed by atoms with E-state index in [1.54, 1.807) is 0 Å². The van der Waals surface area contributed by atoms with Crippen LogP contribution in [0.25, 0.3) is 0 Å². The van der Waals surface area contributed by atoms with Crippen molar-refractivity contribution in [2.45, 2.75) is 38.8 Å². The third kappa shape index (κ3) is 4.09. The summed E-state index contributed by atoms with van der Waals surface area (Å²) >= 11 is 3.46. The molecule has 0 aromatic heterocycles. The molecule has 1 aromatic carbocycles. The summed E-state index contributed by atoms with van der Waals surface area (Å²) in [6, 6.07) is 9.34. The van der Waals surface area contributed by atoms with Gasteiger partial charge >= 0.3 is 0 Å². The van der Waals surface area contributed by atoms with E-state index in [4.69, 9.17) is 5.73 Å². The molecule has 96 valence electrons. The molecule has 0 heterocycles. The molecule has 0 amide bonds. The van der Waals surface area contributed by atoms with Gasteiger partial charge < -0.3 is 5.73 Å². The third-order valence-electron chi connectivity index (χ3n) is 3.37. The van der Waals surface area contributed by atoms with Gasteiger partial charge in [-0.15, -0.1) is 0 Å². The van der Waals surface area contributed by atoms with Crippen LogP contribution in [0, 0.1) is 0 Å². The van der Waals surface area contributed by atoms with E-state index >= 15 is 0 Å². The van der Waals surface area contributed by atoms with Crippen molar-refractivity contribution in [2.24, 2.45) is 5.73 Å². The number of nitrogens with zero attached hydrogens (tertiary/aromatic N) is 1. The van der Waals surface area contributed by atoms with E-state index in [-0.39, 0.29) is 0 Å². The molecule has 1 aromatic rings. The molecular formula is C14H23BrN2. The van der Waals surface area contributed by atoms with Gasteiger partial charge in [0, 0.05) is 23.1 Å². The maximum atomic E-state index is 5.92. The maximum absolute atomic E-state index is 5.92. The first kappa shape index (κ1) is 14.7. The van der Waals surface area contributed by atoms with E-state index in [1.807, 2.05) is 0 Å². The second-order valence-electron chi connectivity index (χ2n) is 4.61. The van der Waals surface area contributed by atoms with Crippen molar-refractivity contribution in [3.8, 4) is 0 Å². The summed E-state index contributed by atoms with van der Waals surface area (Å²) in [4.78, 5) is 2.38. The summed E-state index contributed by atoms with van der Waals surface area (Å²) in [7, 11) is 2.17. The Morgan fingerprint density at radius 2 is 1.88 bits per heavy atom. The van der Waals surface area contributed by atoms with Crippen molar-refractivity contribution in [2.75, 3.05) is 13.6 Å². The highest BCUT2D eigenvalue weighted by atomic mass is 79.9. The third-order valence-corrected chi connectivity index (χ3v) is 3.90. The lowest BCUT2D eigenvalue weighted by atomic mass is 10.0. The Kier molecular flexibility index (Phi) is 6.17. The molecule has 1 rings (SSSR count). The van der Waals surface area contributed by atoms with Gasteiger partial charge in [0.25, 0.3) is 0 Å². The Bertz CT molecular complexity index is 323. The minimum absolute atomic E-state index is 0.310. The van der Waals surface area contributed by atoms with Crippen LogP contribution in [0.5, 0.6) is 0 Å². The first-order chi connectivity index (χ1) is 8.10. The fourth-order valence-corrected chi connectivity index (χ4v) is 2.42. The Morgan fingerprint density at radius 1 is 1.29 bits per heavy atom. The zero-order chi connectivity index (χ0) is 12.8. The van der Waals surface area contributed by atoms with E-state index in [1.165, 1.54) is 18.4 Å². The lowest BCUT2D eigenvalue weighted by molar-refractivity contribution is 0.180. The predicted molar refractivity (Wildman–Crippen MR) is 78.1 cm³/mol. The van der Waals surface area contributed by atoms with Crippen LogP contribution in [0.2, 0.25) is 0 Å². The Labute approximate surface area is 113 Å². The molecule has 0 fully saturated rings. The number of nitrogens with two attached hydrogens (primary N) is 1. The van der Waals surface area contributed by atoms with Gasteiger partial charge in [-0.1, -0.05) is 41.4 Å². The minimum atomic E-state index is 0.310. The van der Waals surface area contributed by atoms with Gasteiger partial charge in [0.05, 0.1) is 0 Å². The van der Waals surface area contributed by atoms with Crippen molar-refractivity contribution in [1.82, 2.24) is 4.90 Å². The largest absolute Gasteiger partial charge is 0.329 e. The van der Waals surface area contributed by atoms with Gasteiger partial charge in [-0.05, 0) is 38.1 Å². The molecule has 0 aliphatic heterocycles. The molecule has 0 saturated carbocycles. The van der Waals surface area contributed by atoms with Crippen molar-refractivity contribution >= 4 is 15.9 Å². The average Bonchev–Trinajstić information content (AvgIpc) is 2.32. The Hall–Kier alpha value is -0.380. The van der Waals surface area contributed by atoms with Crippen LogP contribution < -0.4 is 5.73 Å². The summed E-state index contributed by atoms with van der Waals surface area (Å²) < 4.78 is 1.11. The number of hydrogen-bond donors (Lipinski definition) is 1. The van der Waals surface area contributed by atoms with Gasteiger partial charge in [-0.2, -0.15) is 0 Å². The first-order valence-electron chi connectivity index (χ1n) is 6.27. The summed E-state index contributed by atoms with van der Waals surface area (Å²) in [5.74, 6) is 0. The quantitative estimate of drug-likeness (QED) is 0.870. The number of rotatable bonds is 6. The van der Waals surface area contributed by atoms with Crippen LogP contribution in [-0.2, 0) is 0 Å². The van der Waals surface area contributed by atoms with Crippen LogP contribution in [0.1, 0.15) is 38.3 Å². The zero-order valence-corrected chi connectivity index (χ0v) is 12.6. The molecule has 0 aliphatic carbocycles. The smallest absolute Gasteiger partial charge is 0.0470 e. The molecule has 0 radical (unpaired) electrons. The summed E-state index contributed by atoms with van der Waals surface area (Å²) in [5, 5.41) is 0. The van der Waals surface area contributed by atoms with Gasteiger partial charge in [0.15, 0.2) is 0 Å². The molecule has 0 bridgehead atoms. The second-order valence-corrected chi connectivity index (χ2v) is 5.52. The van der Waals surface area contributed by atoms with Crippen molar-refractivity contribution in [3.05, 3.63) is 34.3 Å². The lowest BCUT2D eigenvalue weighted by Gasteiger charge is -2.32. The zero-order valence-electron chi connectivity index (χ0n) is 11.0. The molecule has 0 saturated heterocycles. The van der Waals surface area contributed by atoms with Crippen LogP contribution in [0.15, 0.2) is 28.7 Å². The van der Waals surface area contributed by atoms with Crippen molar-refractivity contribution in [1.29, 1.82) is 0 Å². The molecule has 3 heteroatoms. The van der Waals surface area contributed by atoms with E-state index in [2.05, 4.69) is 66.0 Å². The van der Waals surface area contributed by atoms with Crippen LogP contribution in [0.4, 0.5) is 0 Å². The van der Waals surface area contributed by atoms with E-state index in [0.717, 1.165) is 4.47 Å². The fourth-order valence-electron chi connectivity index (χ4n) is 2.15. The van der Waals surface area contributed by atoms with Crippen LogP contribution in [0.3, 0.4) is 0 Å². The number of hydrogen-bond acceptors (Lipinski definition) is 2. The van der Waals surface area contributed by atoms with Crippen LogP contribution >= 0.6 is 15.9 Å². The Balaban J connectivity index is 2.79. The molecule has 17 heavy (non-hydrogen) atoms. The Morgan fingerprint density at radius 3 is 2.35 bits per heavy atom. The molecular weight excluding hydrogens is 276 g/mol. The normalized spacial score (nSPS) is 14.9. The standard InChI is InChI=1S/C14H23BrN2/c1-4-5-11(2)17(3)14(10-16)12-6-8-13(15)9-7-12/h6-9,11,14H,4-5,10,16H2,1-3H3. The number of halogens is 1. The molecule has 2 unspecified atom stereocenters. The summed E-state index contributed by atoms with van der Waals surface area (Å²) in [6.45, 7) is 5.15. The molecule has 2 atom stereocenters. The average molecular weight is 299 g/mol. The van der Waals surface area contributed by atoms with Gasteiger partial charge in [0.1, 0.15) is 0 Å². The van der Waals surface area contributed by atoms with Crippen LogP contribution in [-0.4, -0.2) is 24.5 Å². The molecule has 2 nitrogen and oxygen atoms in total. The van der Waals surface area contributed by atoms with Crippen molar-refractivity contribution < 1.29 is 0 Å². The van der Waals surface area contributed by atoms with Gasteiger partial charge in [0.2, 0.25) is 0 Å². The van der Waals surface area contributed by atoms with Crippen molar-refractivity contribution in [3.63, 3.8) is 0 Å². The monoisotopic (exact) mass is 298 g/mol. The predicted octanol–water partition coefficient (Wildman–Crippen LogP) is 3.57. The fraction of sp³-hybridized carbons (Fsp3) is 0.571. The highest BCUT2D eigenvalue weighted by Gasteiger charge is 2.19. The summed E-state index contributed by atoms with van der Waals surface area (Å²) in [6.07, 6.45) is 2.42. The highest BCUT2D eigenvalue weighted by Crippen LogP contribution is 2.23. The minimum Gasteiger partial charge on any atom is -0.329 e. The number of likely N-dealkylation sites (N-methyl/N-ethyl adjacent to an activating group) is 1. The highest BCUT2D eigenvalue weighted by molar-refractivity contribution is 9.10. The van der Waals surface area contributed by atoms with E-state index < -0.39 is 0 Å². The molecule has 2 N–H and O–H groups in total. The summed E-state index contributed by atoms with van der Waals surface area (Å²) in [5.41, 5.74) is 7.22. The molecule has 0 spiro atoms. The molecule has 0 aliphatic rings. The van der Waals surface area contributed by atoms with E-state index in [9.17, 15) is 0 Å². The van der Waals surface area contributed by atoms with E-state index in [0.29, 0.717) is 18.6 Å². The first-order valence-corrected chi connectivity index (χ1v) is 7.06. The lowest BCUT2D eigenvalue weighted by Crippen LogP contribution is -2.36. The number of benzene rings is 1. The van der Waals surface area contributed by atoms with Gasteiger partial charge in [-0.3, -0.25) is 4.90 Å². The SMILES string of the molecule is CCCC(C)N(C)C(CN)c1ccc(Br)cc1. The van der Waals surface area contributed by atoms with Gasteiger partial charge in [-0.25, -0.2) is 0 Å². The second kappa shape index (κ2) is 7.14. The topological polar surface area (TPSA) is 29.3 Å².